The van der Waals surface area contributed by atoms with E-state index < -0.39 is 6.04 Å². The number of allylic oxidation sites excluding steroid dienone is 2. The van der Waals surface area contributed by atoms with Crippen molar-refractivity contribution in [3.05, 3.63) is 47.5 Å². The molecule has 1 atom stereocenters. The summed E-state index contributed by atoms with van der Waals surface area (Å²) in [6, 6.07) is -0.544. The fraction of sp³-hybridized carbons (Fsp3) is 0.556. The van der Waals surface area contributed by atoms with E-state index in [0.29, 0.717) is 19.5 Å². The molecule has 0 saturated heterocycles. The molecule has 8 heteroatoms. The summed E-state index contributed by atoms with van der Waals surface area (Å²) in [5.74, 6) is -0.222. The van der Waals surface area contributed by atoms with Gasteiger partial charge in [-0.05, 0) is 27.7 Å². The van der Waals surface area contributed by atoms with E-state index in [0.717, 1.165) is 11.4 Å². The largest absolute Gasteiger partial charge is 1.00 e. The number of nitrogens with one attached hydrogen (secondary N) is 2. The van der Waals surface area contributed by atoms with E-state index in [9.17, 15) is 5.11 Å². The first-order valence-electron chi connectivity index (χ1n) is 8.50. The van der Waals surface area contributed by atoms with Crippen molar-refractivity contribution >= 4 is 5.90 Å². The zero-order chi connectivity index (χ0) is 18.5. The molecule has 1 unspecified atom stereocenters. The molecule has 0 bridgehead atoms. The van der Waals surface area contributed by atoms with Crippen LogP contribution in [-0.2, 0) is 23.5 Å². The number of nitrogens with two attached hydrogens (primary N) is 1. The number of aliphatic imine (C=N–C) groups is 1. The van der Waals surface area contributed by atoms with Crippen molar-refractivity contribution in [2.75, 3.05) is 13.1 Å². The van der Waals surface area contributed by atoms with E-state index in [1.54, 1.807) is 18.6 Å². The van der Waals surface area contributed by atoms with Gasteiger partial charge in [-0.1, -0.05) is 30.2 Å². The minimum absolute atomic E-state index is 0. The maximum absolute atomic E-state index is 12.2. The summed E-state index contributed by atoms with van der Waals surface area (Å²) < 4.78 is 0. The fourth-order valence-corrected chi connectivity index (χ4v) is 2.12. The summed E-state index contributed by atoms with van der Waals surface area (Å²) in [6.07, 6.45) is 9.54. The molecule has 1 aromatic rings. The average molecular weight is 408 g/mol. The molecule has 0 spiro atoms. The minimum atomic E-state index is -0.544. The molecule has 1 aliphatic rings. The third-order valence-corrected chi connectivity index (χ3v) is 4.67. The smallest absolute Gasteiger partial charge is 0.863 e. The van der Waals surface area contributed by atoms with Crippen LogP contribution in [0.5, 0.6) is 0 Å². The Morgan fingerprint density at radius 1 is 1.42 bits per heavy atom. The van der Waals surface area contributed by atoms with Gasteiger partial charge in [-0.15, -0.1) is 5.70 Å². The van der Waals surface area contributed by atoms with Crippen LogP contribution in [0.1, 0.15) is 33.4 Å². The van der Waals surface area contributed by atoms with Crippen molar-refractivity contribution in [2.24, 2.45) is 10.7 Å². The van der Waals surface area contributed by atoms with Crippen LogP contribution in [-0.4, -0.2) is 46.1 Å². The van der Waals surface area contributed by atoms with Gasteiger partial charge in [0.15, 0.2) is 0 Å². The van der Waals surface area contributed by atoms with Crippen LogP contribution in [0.2, 0.25) is 0 Å². The number of H-pyrrole nitrogens is 1. The average Bonchev–Trinajstić information content (AvgIpc) is 3.05. The maximum atomic E-state index is 12.2. The molecule has 0 fully saturated rings. The van der Waals surface area contributed by atoms with Gasteiger partial charge in [-0.25, -0.2) is 4.98 Å². The second-order valence-corrected chi connectivity index (χ2v) is 7.36. The predicted molar refractivity (Wildman–Crippen MR) is 99.3 cm³/mol. The Kier molecular flexibility index (Phi) is 8.09. The number of nitrogens with zero attached hydrogens (tertiary/aromatic N) is 3. The molecule has 0 amide bonds. The van der Waals surface area contributed by atoms with Crippen LogP contribution in [0.25, 0.3) is 5.32 Å². The number of hydrogen-bond donors (Lipinski definition) is 3. The van der Waals surface area contributed by atoms with Crippen LogP contribution < -0.4 is 16.2 Å². The SMILES string of the molecule is CC(C)(N)C(C)(C)NCC1=CC=CC(C([O-])=NCCc2cnc[nH]2)[N-]1.[Cu+]. The molecule has 4 N–H and O–H groups in total. The summed E-state index contributed by atoms with van der Waals surface area (Å²) >= 11 is 0. The monoisotopic (exact) mass is 407 g/mol. The Morgan fingerprint density at radius 3 is 2.77 bits per heavy atom. The first-order valence-corrected chi connectivity index (χ1v) is 8.50. The van der Waals surface area contributed by atoms with Crippen molar-refractivity contribution in [2.45, 2.75) is 51.2 Å². The zero-order valence-corrected chi connectivity index (χ0v) is 16.7. The molecule has 7 nitrogen and oxygen atoms in total. The van der Waals surface area contributed by atoms with E-state index in [2.05, 4.69) is 39.4 Å². The summed E-state index contributed by atoms with van der Waals surface area (Å²) in [5.41, 5.74) is 7.34. The van der Waals surface area contributed by atoms with Gasteiger partial charge in [0.2, 0.25) is 0 Å². The van der Waals surface area contributed by atoms with Crippen molar-refractivity contribution < 1.29 is 22.2 Å². The fourth-order valence-electron chi connectivity index (χ4n) is 2.12. The molecule has 0 aromatic carbocycles. The molecule has 2 heterocycles. The van der Waals surface area contributed by atoms with Crippen LogP contribution in [0.3, 0.4) is 0 Å². The molecule has 0 aliphatic carbocycles. The van der Waals surface area contributed by atoms with Crippen LogP contribution in [0.15, 0.2) is 41.4 Å². The Hall–Kier alpha value is -1.60. The van der Waals surface area contributed by atoms with Crippen LogP contribution >= 0.6 is 0 Å². The second-order valence-electron chi connectivity index (χ2n) is 7.36. The third kappa shape index (κ3) is 6.28. The Morgan fingerprint density at radius 2 is 2.15 bits per heavy atom. The summed E-state index contributed by atoms with van der Waals surface area (Å²) in [5, 5.41) is 20.1. The normalized spacial score (nSPS) is 18.1. The molecule has 2 rings (SSSR count). The standard InChI is InChI=1S/C18H29N6O.Cu/c1-17(2,19)18(3,4)23-11-14-6-5-7-15(24-14)16(25)21-9-8-13-10-20-12-22-13;/h5-7,10,12,15,23H,8-9,11,19H2,1-4H3,(H,20,22)(H,21,25);/q-1;+1/p-1. The van der Waals surface area contributed by atoms with Crippen LogP contribution in [0, 0.1) is 0 Å². The minimum Gasteiger partial charge on any atom is -0.863 e. The first kappa shape index (κ1) is 22.4. The van der Waals surface area contributed by atoms with E-state index in [4.69, 9.17) is 5.73 Å². The topological polar surface area (TPSA) is 116 Å². The molecule has 0 radical (unpaired) electrons. The van der Waals surface area contributed by atoms with Gasteiger partial charge in [0.25, 0.3) is 0 Å². The number of aromatic amines is 1. The molecule has 0 saturated carbocycles. The van der Waals surface area contributed by atoms with Gasteiger partial charge in [0.1, 0.15) is 0 Å². The first-order chi connectivity index (χ1) is 11.7. The van der Waals surface area contributed by atoms with Crippen LogP contribution in [0.4, 0.5) is 0 Å². The van der Waals surface area contributed by atoms with Gasteiger partial charge in [0, 0.05) is 42.5 Å². The quantitative estimate of drug-likeness (QED) is 0.338. The van der Waals surface area contributed by atoms with Gasteiger partial charge >= 0.3 is 17.1 Å². The van der Waals surface area contributed by atoms with Crippen molar-refractivity contribution in [3.8, 4) is 0 Å². The predicted octanol–water partition coefficient (Wildman–Crippen LogP) is 1.01. The van der Waals surface area contributed by atoms with Crippen molar-refractivity contribution in [3.63, 3.8) is 0 Å². The molecule has 1 aromatic heterocycles. The van der Waals surface area contributed by atoms with E-state index in [1.807, 2.05) is 26.0 Å². The Balaban J connectivity index is 0.00000338. The molecular formula is C18H28CuN6O-. The number of rotatable bonds is 8. The summed E-state index contributed by atoms with van der Waals surface area (Å²) in [7, 11) is 0. The van der Waals surface area contributed by atoms with Gasteiger partial charge < -0.3 is 31.5 Å². The molecular weight excluding hydrogens is 380 g/mol. The van der Waals surface area contributed by atoms with Crippen molar-refractivity contribution in [1.82, 2.24) is 15.3 Å². The number of imidazole rings is 1. The van der Waals surface area contributed by atoms with Gasteiger partial charge in [-0.3, -0.25) is 0 Å². The molecule has 148 valence electrons. The van der Waals surface area contributed by atoms with Gasteiger partial charge in [0.05, 0.1) is 6.33 Å². The van der Waals surface area contributed by atoms with E-state index in [-0.39, 0.29) is 34.0 Å². The van der Waals surface area contributed by atoms with E-state index >= 15 is 0 Å². The Bertz CT molecular complexity index is 643. The maximum Gasteiger partial charge on any atom is 1.00 e. The van der Waals surface area contributed by atoms with Crippen molar-refractivity contribution in [1.29, 1.82) is 0 Å². The zero-order valence-electron chi connectivity index (χ0n) is 15.7. The number of aromatic nitrogens is 2. The Labute approximate surface area is 166 Å². The second kappa shape index (κ2) is 9.37. The summed E-state index contributed by atoms with van der Waals surface area (Å²) in [6.45, 7) is 9.05. The third-order valence-electron chi connectivity index (χ3n) is 4.67. The molecule has 26 heavy (non-hydrogen) atoms. The van der Waals surface area contributed by atoms with E-state index in [1.165, 1.54) is 0 Å². The number of hydrogen-bond acceptors (Lipinski definition) is 5. The molecule has 1 aliphatic heterocycles. The summed E-state index contributed by atoms with van der Waals surface area (Å²) in [4.78, 5) is 11.0. The van der Waals surface area contributed by atoms with Gasteiger partial charge in [-0.2, -0.15) is 0 Å².